The fourth-order valence-corrected chi connectivity index (χ4v) is 3.40. The van der Waals surface area contributed by atoms with Gasteiger partial charge in [0.15, 0.2) is 5.82 Å². The van der Waals surface area contributed by atoms with E-state index < -0.39 is 0 Å². The van der Waals surface area contributed by atoms with Crippen LogP contribution in [-0.4, -0.2) is 23.6 Å². The van der Waals surface area contributed by atoms with Crippen molar-refractivity contribution in [3.63, 3.8) is 0 Å². The molecule has 3 nitrogen and oxygen atoms in total. The number of halogens is 2. The molecule has 2 heterocycles. The van der Waals surface area contributed by atoms with Gasteiger partial charge in [0.1, 0.15) is 5.15 Å². The zero-order chi connectivity index (χ0) is 15.0. The highest BCUT2D eigenvalue weighted by atomic mass is 127. The number of likely N-dealkylation sites (N-methyl/N-ethyl adjacent to an activating group) is 1. The fraction of sp³-hybridized carbons (Fsp3) is 0.375. The summed E-state index contributed by atoms with van der Waals surface area (Å²) in [6, 6.07) is 6.45. The van der Waals surface area contributed by atoms with E-state index in [0.29, 0.717) is 5.15 Å². The molecule has 0 atom stereocenters. The molecular weight excluding hydrogens is 397 g/mol. The summed E-state index contributed by atoms with van der Waals surface area (Å²) in [5, 5.41) is 0.557. The van der Waals surface area contributed by atoms with Crippen molar-refractivity contribution < 1.29 is 0 Å². The third kappa shape index (κ3) is 2.88. The van der Waals surface area contributed by atoms with Crippen LogP contribution in [0.3, 0.4) is 0 Å². The topological polar surface area (TPSA) is 29.0 Å². The van der Waals surface area contributed by atoms with Gasteiger partial charge in [-0.1, -0.05) is 24.9 Å². The summed E-state index contributed by atoms with van der Waals surface area (Å²) in [6.07, 6.45) is 3.07. The van der Waals surface area contributed by atoms with Crippen molar-refractivity contribution in [3.8, 4) is 11.4 Å². The van der Waals surface area contributed by atoms with E-state index >= 15 is 0 Å². The normalized spacial score (nSPS) is 13.6. The number of aromatic nitrogens is 2. The number of aryl methyl sites for hydroxylation is 1. The number of benzene rings is 1. The molecule has 3 rings (SSSR count). The largest absolute Gasteiger partial charge is 0.374 e. The van der Waals surface area contributed by atoms with Crippen molar-refractivity contribution in [1.82, 2.24) is 9.97 Å². The van der Waals surface area contributed by atoms with Crippen LogP contribution < -0.4 is 4.90 Å². The van der Waals surface area contributed by atoms with Gasteiger partial charge in [-0.05, 0) is 59.2 Å². The van der Waals surface area contributed by atoms with Gasteiger partial charge in [0.2, 0.25) is 0 Å². The molecule has 1 aliphatic heterocycles. The molecular formula is C16H17ClIN3. The summed E-state index contributed by atoms with van der Waals surface area (Å²) in [7, 11) is 2.13. The molecule has 1 aliphatic rings. The van der Waals surface area contributed by atoms with Gasteiger partial charge in [0.25, 0.3) is 0 Å². The van der Waals surface area contributed by atoms with Crippen LogP contribution in [0.15, 0.2) is 18.2 Å². The Hall–Kier alpha value is -0.880. The van der Waals surface area contributed by atoms with Crippen LogP contribution in [0.2, 0.25) is 5.15 Å². The summed E-state index contributed by atoms with van der Waals surface area (Å²) < 4.78 is 0.973. The van der Waals surface area contributed by atoms with E-state index in [1.54, 1.807) is 0 Å². The highest BCUT2D eigenvalue weighted by molar-refractivity contribution is 14.1. The summed E-state index contributed by atoms with van der Waals surface area (Å²) in [6.45, 7) is 3.23. The van der Waals surface area contributed by atoms with Gasteiger partial charge in [-0.3, -0.25) is 0 Å². The second kappa shape index (κ2) is 6.08. The fourth-order valence-electron chi connectivity index (χ4n) is 2.70. The van der Waals surface area contributed by atoms with E-state index in [1.165, 1.54) is 11.3 Å². The molecule has 0 amide bonds. The van der Waals surface area contributed by atoms with Crippen LogP contribution in [0.25, 0.3) is 11.4 Å². The van der Waals surface area contributed by atoms with E-state index in [1.807, 2.05) is 0 Å². The first-order valence-corrected chi connectivity index (χ1v) is 8.62. The van der Waals surface area contributed by atoms with Crippen molar-refractivity contribution in [1.29, 1.82) is 0 Å². The van der Waals surface area contributed by atoms with Crippen LogP contribution >= 0.6 is 34.2 Å². The van der Waals surface area contributed by atoms with Gasteiger partial charge in [-0.25, -0.2) is 9.97 Å². The number of nitrogens with zero attached hydrogens (tertiary/aromatic N) is 3. The second-order valence-electron chi connectivity index (χ2n) is 5.36. The summed E-state index contributed by atoms with van der Waals surface area (Å²) in [5.74, 6) is 0.737. The highest BCUT2D eigenvalue weighted by Crippen LogP contribution is 2.31. The standard InChI is InChI=1S/C16H17ClIN3/c1-3-4-12-14(18)15(17)20-16(19-12)11-5-6-13-10(9-11)7-8-21(13)2/h5-6,9H,3-4,7-8H2,1-2H3. The molecule has 0 bridgehead atoms. The lowest BCUT2D eigenvalue weighted by Crippen LogP contribution is -2.12. The summed E-state index contributed by atoms with van der Waals surface area (Å²) >= 11 is 8.51. The van der Waals surface area contributed by atoms with Crippen molar-refractivity contribution in [3.05, 3.63) is 38.2 Å². The first kappa shape index (κ1) is 15.0. The van der Waals surface area contributed by atoms with Gasteiger partial charge in [0.05, 0.1) is 9.26 Å². The molecule has 1 aromatic carbocycles. The Balaban J connectivity index is 2.05. The van der Waals surface area contributed by atoms with Gasteiger partial charge in [-0.2, -0.15) is 0 Å². The van der Waals surface area contributed by atoms with E-state index in [9.17, 15) is 0 Å². The molecule has 5 heteroatoms. The van der Waals surface area contributed by atoms with Crippen molar-refractivity contribution in [2.75, 3.05) is 18.5 Å². The van der Waals surface area contributed by atoms with Crippen molar-refractivity contribution in [2.24, 2.45) is 0 Å². The van der Waals surface area contributed by atoms with Gasteiger partial charge in [-0.15, -0.1) is 0 Å². The smallest absolute Gasteiger partial charge is 0.161 e. The minimum Gasteiger partial charge on any atom is -0.374 e. The van der Waals surface area contributed by atoms with Gasteiger partial charge >= 0.3 is 0 Å². The zero-order valence-corrected chi connectivity index (χ0v) is 15.1. The highest BCUT2D eigenvalue weighted by Gasteiger charge is 2.18. The number of rotatable bonds is 3. The molecule has 110 valence electrons. The lowest BCUT2D eigenvalue weighted by molar-refractivity contribution is 0.867. The summed E-state index contributed by atoms with van der Waals surface area (Å²) in [5.41, 5.74) is 4.78. The van der Waals surface area contributed by atoms with Crippen LogP contribution in [-0.2, 0) is 12.8 Å². The van der Waals surface area contributed by atoms with Crippen molar-refractivity contribution in [2.45, 2.75) is 26.2 Å². The number of fused-ring (bicyclic) bond motifs is 1. The summed E-state index contributed by atoms with van der Waals surface area (Å²) in [4.78, 5) is 11.5. The predicted molar refractivity (Wildman–Crippen MR) is 96.2 cm³/mol. The molecule has 0 saturated heterocycles. The molecule has 2 aromatic rings. The van der Waals surface area contributed by atoms with Crippen LogP contribution in [0, 0.1) is 3.57 Å². The number of hydrogen-bond donors (Lipinski definition) is 0. The van der Waals surface area contributed by atoms with E-state index in [4.69, 9.17) is 16.6 Å². The quantitative estimate of drug-likeness (QED) is 0.553. The lowest BCUT2D eigenvalue weighted by atomic mass is 10.1. The van der Waals surface area contributed by atoms with Crippen LogP contribution in [0.4, 0.5) is 5.69 Å². The SMILES string of the molecule is CCCc1nc(-c2ccc3c(c2)CCN3C)nc(Cl)c1I. The van der Waals surface area contributed by atoms with Crippen molar-refractivity contribution >= 4 is 39.9 Å². The monoisotopic (exact) mass is 413 g/mol. The van der Waals surface area contributed by atoms with Crippen LogP contribution in [0.5, 0.6) is 0 Å². The van der Waals surface area contributed by atoms with E-state index in [0.717, 1.165) is 46.5 Å². The van der Waals surface area contributed by atoms with Gasteiger partial charge < -0.3 is 4.90 Å². The Morgan fingerprint density at radius 1 is 1.33 bits per heavy atom. The molecule has 0 unspecified atom stereocenters. The average molecular weight is 414 g/mol. The Bertz CT molecular complexity index is 687. The Labute approximate surface area is 143 Å². The Kier molecular flexibility index (Phi) is 4.36. The molecule has 21 heavy (non-hydrogen) atoms. The molecule has 0 spiro atoms. The molecule has 0 radical (unpaired) electrons. The molecule has 0 aliphatic carbocycles. The molecule has 1 aromatic heterocycles. The Morgan fingerprint density at radius 2 is 2.14 bits per heavy atom. The van der Waals surface area contributed by atoms with Gasteiger partial charge in [0, 0.05) is 24.8 Å². The lowest BCUT2D eigenvalue weighted by Gasteiger charge is -2.12. The van der Waals surface area contributed by atoms with Crippen LogP contribution in [0.1, 0.15) is 24.6 Å². The first-order chi connectivity index (χ1) is 10.1. The zero-order valence-electron chi connectivity index (χ0n) is 12.2. The maximum absolute atomic E-state index is 6.28. The molecule has 0 saturated carbocycles. The maximum atomic E-state index is 6.28. The maximum Gasteiger partial charge on any atom is 0.161 e. The first-order valence-electron chi connectivity index (χ1n) is 7.16. The Morgan fingerprint density at radius 3 is 2.90 bits per heavy atom. The minimum atomic E-state index is 0.557. The second-order valence-corrected chi connectivity index (χ2v) is 6.80. The minimum absolute atomic E-state index is 0.557. The third-order valence-corrected chi connectivity index (χ3v) is 5.56. The number of anilines is 1. The molecule has 0 fully saturated rings. The average Bonchev–Trinajstić information content (AvgIpc) is 2.85. The third-order valence-electron chi connectivity index (χ3n) is 3.83. The molecule has 0 N–H and O–H groups in total. The van der Waals surface area contributed by atoms with E-state index in [2.05, 4.69) is 64.6 Å². The van der Waals surface area contributed by atoms with E-state index in [-0.39, 0.29) is 0 Å². The number of hydrogen-bond acceptors (Lipinski definition) is 3. The predicted octanol–water partition coefficient (Wildman–Crippen LogP) is 4.35.